The standard InChI is InChI=1S/C18H28N2O.ClH/c1-4-11-20-12-6-5-10-16(20)13-19-18(21)17-14(2)8-7-9-15(17)3;/h7-9,16H,4-6,10-13H2,1-3H3,(H,19,21);1H. The number of piperidine rings is 1. The summed E-state index contributed by atoms with van der Waals surface area (Å²) < 4.78 is 0. The lowest BCUT2D eigenvalue weighted by molar-refractivity contribution is 0.0913. The van der Waals surface area contributed by atoms with Crippen LogP contribution >= 0.6 is 12.4 Å². The van der Waals surface area contributed by atoms with Crippen molar-refractivity contribution in [1.29, 1.82) is 0 Å². The molecule has 0 saturated carbocycles. The molecule has 1 heterocycles. The van der Waals surface area contributed by atoms with Crippen LogP contribution < -0.4 is 5.32 Å². The number of likely N-dealkylation sites (tertiary alicyclic amines) is 1. The first kappa shape index (κ1) is 19.0. The summed E-state index contributed by atoms with van der Waals surface area (Å²) >= 11 is 0. The van der Waals surface area contributed by atoms with Crippen LogP contribution in [0.1, 0.15) is 54.1 Å². The number of hydrogen-bond acceptors (Lipinski definition) is 2. The third kappa shape index (κ3) is 4.72. The summed E-state index contributed by atoms with van der Waals surface area (Å²) in [6.45, 7) is 9.33. The summed E-state index contributed by atoms with van der Waals surface area (Å²) in [6, 6.07) is 6.52. The lowest BCUT2D eigenvalue weighted by atomic mass is 10.0. The van der Waals surface area contributed by atoms with Gasteiger partial charge in [-0.3, -0.25) is 9.69 Å². The molecule has 3 nitrogen and oxygen atoms in total. The van der Waals surface area contributed by atoms with Gasteiger partial charge in [-0.15, -0.1) is 12.4 Å². The van der Waals surface area contributed by atoms with Crippen molar-refractivity contribution in [1.82, 2.24) is 10.2 Å². The molecule has 1 aromatic rings. The monoisotopic (exact) mass is 324 g/mol. The quantitative estimate of drug-likeness (QED) is 0.895. The molecule has 1 unspecified atom stereocenters. The molecule has 0 bridgehead atoms. The number of nitrogens with one attached hydrogen (secondary N) is 1. The zero-order valence-electron chi connectivity index (χ0n) is 14.0. The van der Waals surface area contributed by atoms with E-state index in [0.29, 0.717) is 6.04 Å². The van der Waals surface area contributed by atoms with E-state index in [-0.39, 0.29) is 18.3 Å². The Kier molecular flexibility index (Phi) is 7.91. The molecule has 2 rings (SSSR count). The largest absolute Gasteiger partial charge is 0.350 e. The Morgan fingerprint density at radius 3 is 2.59 bits per heavy atom. The number of hydrogen-bond donors (Lipinski definition) is 1. The molecule has 124 valence electrons. The number of rotatable bonds is 5. The smallest absolute Gasteiger partial charge is 0.251 e. The number of benzene rings is 1. The third-order valence-electron chi connectivity index (χ3n) is 4.47. The van der Waals surface area contributed by atoms with E-state index in [1.807, 2.05) is 32.0 Å². The molecule has 1 saturated heterocycles. The zero-order chi connectivity index (χ0) is 15.2. The molecule has 1 N–H and O–H groups in total. The molecule has 22 heavy (non-hydrogen) atoms. The van der Waals surface area contributed by atoms with E-state index in [2.05, 4.69) is 17.1 Å². The van der Waals surface area contributed by atoms with Gasteiger partial charge in [0.2, 0.25) is 0 Å². The number of aryl methyl sites for hydroxylation is 2. The Hall–Kier alpha value is -1.06. The molecule has 0 aliphatic carbocycles. The second-order valence-corrected chi connectivity index (χ2v) is 6.16. The van der Waals surface area contributed by atoms with Crippen LogP contribution in [-0.4, -0.2) is 36.5 Å². The highest BCUT2D eigenvalue weighted by molar-refractivity contribution is 5.97. The topological polar surface area (TPSA) is 32.3 Å². The fraction of sp³-hybridized carbons (Fsp3) is 0.611. The number of carbonyl (C=O) groups excluding carboxylic acids is 1. The Bertz CT molecular complexity index is 468. The summed E-state index contributed by atoms with van der Waals surface area (Å²) in [5, 5.41) is 3.16. The fourth-order valence-corrected chi connectivity index (χ4v) is 3.34. The van der Waals surface area contributed by atoms with E-state index < -0.39 is 0 Å². The van der Waals surface area contributed by atoms with Crippen molar-refractivity contribution < 1.29 is 4.79 Å². The normalized spacial score (nSPS) is 18.6. The first-order valence-corrected chi connectivity index (χ1v) is 8.22. The van der Waals surface area contributed by atoms with Crippen LogP contribution in [0.4, 0.5) is 0 Å². The molecule has 1 atom stereocenters. The molecule has 1 aliphatic rings. The van der Waals surface area contributed by atoms with Crippen LogP contribution in [0.2, 0.25) is 0 Å². The molecular formula is C18H29ClN2O. The van der Waals surface area contributed by atoms with Gasteiger partial charge in [-0.2, -0.15) is 0 Å². The molecule has 1 aliphatic heterocycles. The summed E-state index contributed by atoms with van der Waals surface area (Å²) in [5.41, 5.74) is 2.96. The van der Waals surface area contributed by atoms with Crippen LogP contribution in [0.3, 0.4) is 0 Å². The van der Waals surface area contributed by atoms with Gasteiger partial charge in [0.05, 0.1) is 0 Å². The minimum Gasteiger partial charge on any atom is -0.350 e. The summed E-state index contributed by atoms with van der Waals surface area (Å²) in [6.07, 6.45) is 4.96. The maximum absolute atomic E-state index is 12.5. The Labute approximate surface area is 140 Å². The average molecular weight is 325 g/mol. The molecular weight excluding hydrogens is 296 g/mol. The summed E-state index contributed by atoms with van der Waals surface area (Å²) in [4.78, 5) is 15.0. The number of nitrogens with zero attached hydrogens (tertiary/aromatic N) is 1. The van der Waals surface area contributed by atoms with Gasteiger partial charge in [-0.25, -0.2) is 0 Å². The average Bonchev–Trinajstić information content (AvgIpc) is 2.46. The van der Waals surface area contributed by atoms with Gasteiger partial charge < -0.3 is 5.32 Å². The van der Waals surface area contributed by atoms with Crippen molar-refractivity contribution in [2.24, 2.45) is 0 Å². The highest BCUT2D eigenvalue weighted by atomic mass is 35.5. The van der Waals surface area contributed by atoms with E-state index in [9.17, 15) is 4.79 Å². The van der Waals surface area contributed by atoms with Crippen LogP contribution in [0.5, 0.6) is 0 Å². The molecule has 1 amide bonds. The van der Waals surface area contributed by atoms with E-state index in [4.69, 9.17) is 0 Å². The molecule has 4 heteroatoms. The highest BCUT2D eigenvalue weighted by Gasteiger charge is 2.22. The summed E-state index contributed by atoms with van der Waals surface area (Å²) in [7, 11) is 0. The Morgan fingerprint density at radius 2 is 1.95 bits per heavy atom. The van der Waals surface area contributed by atoms with Crippen molar-refractivity contribution in [3.63, 3.8) is 0 Å². The number of amides is 1. The third-order valence-corrected chi connectivity index (χ3v) is 4.47. The Balaban J connectivity index is 0.00000242. The van der Waals surface area contributed by atoms with E-state index >= 15 is 0 Å². The molecule has 0 radical (unpaired) electrons. The van der Waals surface area contributed by atoms with Crippen LogP contribution in [-0.2, 0) is 0 Å². The van der Waals surface area contributed by atoms with Gasteiger partial charge in [0.1, 0.15) is 0 Å². The minimum absolute atomic E-state index is 0. The van der Waals surface area contributed by atoms with Crippen molar-refractivity contribution in [2.75, 3.05) is 19.6 Å². The maximum atomic E-state index is 12.5. The van der Waals surface area contributed by atoms with Crippen LogP contribution in [0.25, 0.3) is 0 Å². The van der Waals surface area contributed by atoms with Gasteiger partial charge in [-0.05, 0) is 57.3 Å². The predicted molar refractivity (Wildman–Crippen MR) is 95.0 cm³/mol. The number of halogens is 1. The van der Waals surface area contributed by atoms with Gasteiger partial charge >= 0.3 is 0 Å². The lowest BCUT2D eigenvalue weighted by Gasteiger charge is -2.35. The summed E-state index contributed by atoms with van der Waals surface area (Å²) in [5.74, 6) is 0.0765. The number of carbonyl (C=O) groups is 1. The minimum atomic E-state index is 0. The Morgan fingerprint density at radius 1 is 1.27 bits per heavy atom. The second-order valence-electron chi connectivity index (χ2n) is 6.16. The molecule has 0 spiro atoms. The van der Waals surface area contributed by atoms with E-state index in [1.54, 1.807) is 0 Å². The highest BCUT2D eigenvalue weighted by Crippen LogP contribution is 2.17. The fourth-order valence-electron chi connectivity index (χ4n) is 3.34. The van der Waals surface area contributed by atoms with Gasteiger partial charge in [0, 0.05) is 18.2 Å². The second kappa shape index (κ2) is 9.16. The van der Waals surface area contributed by atoms with Crippen molar-refractivity contribution in [3.05, 3.63) is 34.9 Å². The molecule has 1 aromatic carbocycles. The van der Waals surface area contributed by atoms with Crippen molar-refractivity contribution in [3.8, 4) is 0 Å². The van der Waals surface area contributed by atoms with E-state index in [1.165, 1.54) is 32.2 Å². The first-order chi connectivity index (χ1) is 10.1. The van der Waals surface area contributed by atoms with E-state index in [0.717, 1.165) is 29.8 Å². The molecule has 1 fully saturated rings. The van der Waals surface area contributed by atoms with Crippen molar-refractivity contribution >= 4 is 18.3 Å². The lowest BCUT2D eigenvalue weighted by Crippen LogP contribution is -2.47. The van der Waals surface area contributed by atoms with Crippen LogP contribution in [0, 0.1) is 13.8 Å². The maximum Gasteiger partial charge on any atom is 0.251 e. The van der Waals surface area contributed by atoms with Gasteiger partial charge in [0.25, 0.3) is 5.91 Å². The van der Waals surface area contributed by atoms with Crippen molar-refractivity contribution in [2.45, 2.75) is 52.5 Å². The SMILES string of the molecule is CCCN1CCCCC1CNC(=O)c1c(C)cccc1C.Cl. The molecule has 0 aromatic heterocycles. The van der Waals surface area contributed by atoms with Crippen LogP contribution in [0.15, 0.2) is 18.2 Å². The zero-order valence-corrected chi connectivity index (χ0v) is 14.8. The predicted octanol–water partition coefficient (Wildman–Crippen LogP) is 3.72. The van der Waals surface area contributed by atoms with Gasteiger partial charge in [-0.1, -0.05) is 31.5 Å². The first-order valence-electron chi connectivity index (χ1n) is 8.22. The van der Waals surface area contributed by atoms with Gasteiger partial charge in [0.15, 0.2) is 0 Å².